The predicted octanol–water partition coefficient (Wildman–Crippen LogP) is 4.20. The first-order valence-electron chi connectivity index (χ1n) is 5.05. The molecule has 0 amide bonds. The van der Waals surface area contributed by atoms with Crippen molar-refractivity contribution >= 4 is 43.3 Å². The number of benzene rings is 2. The van der Waals surface area contributed by atoms with Crippen LogP contribution in [-0.2, 0) is 0 Å². The summed E-state index contributed by atoms with van der Waals surface area (Å²) in [4.78, 5) is 4.34. The van der Waals surface area contributed by atoms with Crippen molar-refractivity contribution in [3.05, 3.63) is 42.1 Å². The third-order valence-corrected chi connectivity index (χ3v) is 3.68. The highest BCUT2D eigenvalue weighted by Gasteiger charge is 2.06. The highest BCUT2D eigenvalue weighted by atomic mass is 32.1. The minimum Gasteiger partial charge on any atom is -0.464 e. The number of aromatic nitrogens is 1. The van der Waals surface area contributed by atoms with E-state index >= 15 is 0 Å². The van der Waals surface area contributed by atoms with Crippen molar-refractivity contribution in [2.24, 2.45) is 0 Å². The molecule has 0 unspecified atom stereocenters. The lowest BCUT2D eigenvalue weighted by Crippen LogP contribution is -1.74. The minimum absolute atomic E-state index is 0.951. The molecule has 4 aromatic rings. The van der Waals surface area contributed by atoms with E-state index in [0.29, 0.717) is 0 Å². The van der Waals surface area contributed by atoms with Gasteiger partial charge in [-0.05, 0) is 23.6 Å². The quantitative estimate of drug-likeness (QED) is 0.448. The summed E-state index contributed by atoms with van der Waals surface area (Å²) in [6.45, 7) is 0. The molecule has 0 aliphatic heterocycles. The van der Waals surface area contributed by atoms with Gasteiger partial charge in [-0.2, -0.15) is 0 Å². The molecule has 16 heavy (non-hydrogen) atoms. The number of nitrogens with zero attached hydrogens (tertiary/aromatic N) is 1. The first kappa shape index (κ1) is 8.30. The van der Waals surface area contributed by atoms with E-state index in [1.165, 1.54) is 10.1 Å². The highest BCUT2D eigenvalue weighted by Crippen LogP contribution is 2.30. The average Bonchev–Trinajstić information content (AvgIpc) is 2.94. The molecule has 2 heterocycles. The monoisotopic (exact) mass is 225 g/mol. The molecule has 0 fully saturated rings. The molecule has 0 spiro atoms. The maximum absolute atomic E-state index is 5.53. The van der Waals surface area contributed by atoms with Crippen LogP contribution in [0.25, 0.3) is 32.0 Å². The standard InChI is InChI=1S/C13H7NOS/c1-2-9-5-12-11(14-7-16-12)6-10(9)13-8(1)3-4-15-13/h1-7H. The molecule has 0 N–H and O–H groups in total. The van der Waals surface area contributed by atoms with E-state index in [1.807, 2.05) is 11.6 Å². The fourth-order valence-electron chi connectivity index (χ4n) is 2.10. The number of hydrogen-bond donors (Lipinski definition) is 0. The molecule has 3 heteroatoms. The lowest BCUT2D eigenvalue weighted by Gasteiger charge is -1.98. The van der Waals surface area contributed by atoms with Gasteiger partial charge in [0.1, 0.15) is 5.58 Å². The van der Waals surface area contributed by atoms with Crippen LogP contribution in [0, 0.1) is 0 Å². The van der Waals surface area contributed by atoms with Gasteiger partial charge >= 0.3 is 0 Å². The van der Waals surface area contributed by atoms with E-state index in [0.717, 1.165) is 21.9 Å². The topological polar surface area (TPSA) is 26.0 Å². The number of thiazole rings is 1. The van der Waals surface area contributed by atoms with Gasteiger partial charge in [-0.25, -0.2) is 4.98 Å². The molecule has 0 radical (unpaired) electrons. The van der Waals surface area contributed by atoms with Gasteiger partial charge in [0, 0.05) is 10.8 Å². The molecule has 0 saturated heterocycles. The van der Waals surface area contributed by atoms with Crippen molar-refractivity contribution in [1.29, 1.82) is 0 Å². The molecule has 0 bridgehead atoms. The first-order valence-corrected chi connectivity index (χ1v) is 5.93. The SMILES string of the molecule is c1cc2ccc3cc4scnc4cc3c2o1. The Morgan fingerprint density at radius 1 is 1.06 bits per heavy atom. The van der Waals surface area contributed by atoms with Gasteiger partial charge in [0.15, 0.2) is 0 Å². The predicted molar refractivity (Wildman–Crippen MR) is 66.9 cm³/mol. The van der Waals surface area contributed by atoms with Crippen LogP contribution in [0.4, 0.5) is 0 Å². The molecule has 76 valence electrons. The Hall–Kier alpha value is -1.87. The van der Waals surface area contributed by atoms with Gasteiger partial charge in [0.25, 0.3) is 0 Å². The van der Waals surface area contributed by atoms with Crippen LogP contribution in [-0.4, -0.2) is 4.98 Å². The molecule has 0 saturated carbocycles. The van der Waals surface area contributed by atoms with Crippen molar-refractivity contribution in [1.82, 2.24) is 4.98 Å². The number of fused-ring (bicyclic) bond motifs is 4. The van der Waals surface area contributed by atoms with Crippen LogP contribution in [0.1, 0.15) is 0 Å². The highest BCUT2D eigenvalue weighted by molar-refractivity contribution is 7.16. The van der Waals surface area contributed by atoms with Gasteiger partial charge in [-0.1, -0.05) is 12.1 Å². The van der Waals surface area contributed by atoms with E-state index < -0.39 is 0 Å². The van der Waals surface area contributed by atoms with Crippen molar-refractivity contribution in [3.8, 4) is 0 Å². The van der Waals surface area contributed by atoms with Crippen LogP contribution in [0.2, 0.25) is 0 Å². The summed E-state index contributed by atoms with van der Waals surface area (Å²) in [5, 5.41) is 3.49. The van der Waals surface area contributed by atoms with Crippen molar-refractivity contribution < 1.29 is 4.42 Å². The van der Waals surface area contributed by atoms with Crippen molar-refractivity contribution in [2.45, 2.75) is 0 Å². The fraction of sp³-hybridized carbons (Fsp3) is 0. The van der Waals surface area contributed by atoms with Crippen LogP contribution in [0.5, 0.6) is 0 Å². The number of rotatable bonds is 0. The third-order valence-electron chi connectivity index (χ3n) is 2.89. The molecule has 0 aliphatic rings. The van der Waals surface area contributed by atoms with Gasteiger partial charge in [-0.3, -0.25) is 0 Å². The van der Waals surface area contributed by atoms with E-state index in [-0.39, 0.29) is 0 Å². The summed E-state index contributed by atoms with van der Waals surface area (Å²) in [6.07, 6.45) is 1.73. The van der Waals surface area contributed by atoms with Crippen LogP contribution in [0.15, 0.2) is 46.5 Å². The zero-order valence-electron chi connectivity index (χ0n) is 8.31. The molecular formula is C13H7NOS. The maximum Gasteiger partial charge on any atom is 0.141 e. The van der Waals surface area contributed by atoms with E-state index in [4.69, 9.17) is 4.42 Å². The van der Waals surface area contributed by atoms with E-state index in [2.05, 4.69) is 29.2 Å². The molecule has 4 rings (SSSR count). The summed E-state index contributed by atoms with van der Waals surface area (Å²) < 4.78 is 6.75. The minimum atomic E-state index is 0.951. The Morgan fingerprint density at radius 3 is 3.00 bits per heavy atom. The number of furan rings is 1. The normalized spacial score (nSPS) is 11.8. The summed E-state index contributed by atoms with van der Waals surface area (Å²) in [5.74, 6) is 0. The molecule has 2 nitrogen and oxygen atoms in total. The van der Waals surface area contributed by atoms with Gasteiger partial charge in [-0.15, -0.1) is 11.3 Å². The van der Waals surface area contributed by atoms with Crippen LogP contribution in [0.3, 0.4) is 0 Å². The molecule has 2 aromatic carbocycles. The number of hydrogen-bond acceptors (Lipinski definition) is 3. The molecule has 0 atom stereocenters. The summed E-state index contributed by atoms with van der Waals surface area (Å²) in [7, 11) is 0. The Kier molecular flexibility index (Phi) is 1.47. The second kappa shape index (κ2) is 2.83. The Bertz CT molecular complexity index is 812. The van der Waals surface area contributed by atoms with E-state index in [1.54, 1.807) is 17.6 Å². The Morgan fingerprint density at radius 2 is 2.00 bits per heavy atom. The average molecular weight is 225 g/mol. The molecule has 2 aromatic heterocycles. The van der Waals surface area contributed by atoms with Gasteiger partial charge < -0.3 is 4.42 Å². The second-order valence-electron chi connectivity index (χ2n) is 3.80. The van der Waals surface area contributed by atoms with E-state index in [9.17, 15) is 0 Å². The summed E-state index contributed by atoms with van der Waals surface area (Å²) >= 11 is 1.67. The Labute approximate surface area is 95.1 Å². The zero-order valence-corrected chi connectivity index (χ0v) is 9.12. The second-order valence-corrected chi connectivity index (χ2v) is 4.68. The zero-order chi connectivity index (χ0) is 10.5. The summed E-state index contributed by atoms with van der Waals surface area (Å²) in [6, 6.07) is 10.5. The lowest BCUT2D eigenvalue weighted by atomic mass is 10.1. The lowest BCUT2D eigenvalue weighted by molar-refractivity contribution is 0.619. The summed E-state index contributed by atoms with van der Waals surface area (Å²) in [5.41, 5.74) is 3.87. The largest absolute Gasteiger partial charge is 0.464 e. The Balaban J connectivity index is 2.33. The first-order chi connectivity index (χ1) is 7.92. The van der Waals surface area contributed by atoms with Crippen LogP contribution < -0.4 is 0 Å². The van der Waals surface area contributed by atoms with Crippen molar-refractivity contribution in [2.75, 3.05) is 0 Å². The smallest absolute Gasteiger partial charge is 0.141 e. The van der Waals surface area contributed by atoms with Gasteiger partial charge in [0.2, 0.25) is 0 Å². The molecular weight excluding hydrogens is 218 g/mol. The molecule has 0 aliphatic carbocycles. The van der Waals surface area contributed by atoms with Gasteiger partial charge in [0.05, 0.1) is 22.0 Å². The van der Waals surface area contributed by atoms with Crippen molar-refractivity contribution in [3.63, 3.8) is 0 Å². The van der Waals surface area contributed by atoms with Crippen LogP contribution >= 0.6 is 11.3 Å². The fourth-order valence-corrected chi connectivity index (χ4v) is 2.81. The maximum atomic E-state index is 5.53. The third kappa shape index (κ3) is 0.981.